The van der Waals surface area contributed by atoms with E-state index < -0.39 is 0 Å². The molecule has 4 heterocycles. The highest BCUT2D eigenvalue weighted by Crippen LogP contribution is 2.45. The summed E-state index contributed by atoms with van der Waals surface area (Å²) in [5.74, 6) is 0. The Hall–Kier alpha value is -6.12. The Morgan fingerprint density at radius 1 is 0.404 bits per heavy atom. The number of aromatic nitrogens is 1. The molecular weight excluding hydrogens is 733 g/mol. The Morgan fingerprint density at radius 2 is 0.982 bits per heavy atom. The fourth-order valence-electron chi connectivity index (χ4n) is 9.11. The number of hydrogen-bond donors (Lipinski definition) is 3. The summed E-state index contributed by atoms with van der Waals surface area (Å²) in [4.78, 5) is 0. The van der Waals surface area contributed by atoms with Crippen molar-refractivity contribution in [2.24, 2.45) is 0 Å². The van der Waals surface area contributed by atoms with Gasteiger partial charge in [-0.25, -0.2) is 0 Å². The number of benzene rings is 8. The van der Waals surface area contributed by atoms with Crippen molar-refractivity contribution in [3.63, 3.8) is 0 Å². The topological polar surface area (TPSA) is 41.0 Å². The lowest BCUT2D eigenvalue weighted by molar-refractivity contribution is 0.204. The summed E-state index contributed by atoms with van der Waals surface area (Å²) in [6.45, 7) is 0. The largest absolute Gasteiger partial charge is 0.309 e. The predicted octanol–water partition coefficient (Wildman–Crippen LogP) is 13.4. The summed E-state index contributed by atoms with van der Waals surface area (Å²) in [7, 11) is 0. The molecule has 8 aromatic carbocycles. The first-order valence-corrected chi connectivity index (χ1v) is 21.2. The molecule has 4 nitrogen and oxygen atoms in total. The quantitative estimate of drug-likeness (QED) is 0.163. The van der Waals surface area contributed by atoms with Crippen LogP contribution in [0.2, 0.25) is 0 Å². The van der Waals surface area contributed by atoms with Crippen LogP contribution in [0.15, 0.2) is 182 Å². The van der Waals surface area contributed by atoms with Crippen molar-refractivity contribution in [1.29, 1.82) is 0 Å². The first kappa shape index (κ1) is 33.1. The van der Waals surface area contributed by atoms with Crippen molar-refractivity contribution >= 4 is 84.8 Å². The fraction of sp³-hybridized carbons (Fsp3) is 0.0588. The molecule has 1 aliphatic heterocycles. The number of fused-ring (bicyclic) bond motifs is 9. The molecule has 1 saturated heterocycles. The summed E-state index contributed by atoms with van der Waals surface area (Å²) in [6.07, 6.45) is -0.105. The van der Waals surface area contributed by atoms with Crippen LogP contribution < -0.4 is 16.0 Å². The van der Waals surface area contributed by atoms with E-state index in [0.717, 1.165) is 0 Å². The van der Waals surface area contributed by atoms with E-state index in [1.54, 1.807) is 0 Å². The zero-order chi connectivity index (χ0) is 37.5. The molecule has 12 rings (SSSR count). The van der Waals surface area contributed by atoms with Gasteiger partial charge < -0.3 is 4.57 Å². The molecule has 2 atom stereocenters. The zero-order valence-corrected chi connectivity index (χ0v) is 32.4. The molecule has 0 spiro atoms. The Bertz CT molecular complexity index is 3210. The predicted molar refractivity (Wildman–Crippen MR) is 243 cm³/mol. The maximum absolute atomic E-state index is 3.92. The van der Waals surface area contributed by atoms with E-state index in [1.807, 2.05) is 22.7 Å². The number of nitrogens with zero attached hydrogens (tertiary/aromatic N) is 1. The van der Waals surface area contributed by atoms with Gasteiger partial charge in [0.25, 0.3) is 0 Å². The third-order valence-electron chi connectivity index (χ3n) is 11.7. The molecule has 3 N–H and O–H groups in total. The Kier molecular flexibility index (Phi) is 7.68. The zero-order valence-electron chi connectivity index (χ0n) is 30.8. The summed E-state index contributed by atoms with van der Waals surface area (Å²) in [6, 6.07) is 66.5. The van der Waals surface area contributed by atoms with Gasteiger partial charge in [0.2, 0.25) is 0 Å². The van der Waals surface area contributed by atoms with Crippen molar-refractivity contribution in [3.05, 3.63) is 199 Å². The van der Waals surface area contributed by atoms with Crippen molar-refractivity contribution in [1.82, 2.24) is 20.5 Å². The SMILES string of the molecule is c1ccc(C2NC(c3ccccc3)NC(c3cccc4c3sc3cccc(-c5ccc6c(c5)sc5cc(-n7c8ccccc8c8ccccc87)ccc56)c34)N2)cc1. The Balaban J connectivity index is 0.953. The van der Waals surface area contributed by atoms with Gasteiger partial charge >= 0.3 is 0 Å². The van der Waals surface area contributed by atoms with Crippen molar-refractivity contribution in [2.45, 2.75) is 18.5 Å². The standard InChI is InChI=1S/C51H36N4S2/c1-3-13-31(14-4-1)49-52-50(32-15-5-2-6-16-32)54-51(53-49)41-21-11-20-40-47-35(19-12-24-44(47)57-48(40)41)33-25-27-38-39-28-26-34(30-46(39)56-45(38)29-33)55-42-22-9-7-17-36(42)37-18-8-10-23-43(37)55/h1-30,49-54H. The van der Waals surface area contributed by atoms with E-state index in [1.165, 1.54) is 95.7 Å². The second kappa shape index (κ2) is 13.2. The summed E-state index contributed by atoms with van der Waals surface area (Å²) in [5.41, 5.74) is 9.89. The van der Waals surface area contributed by atoms with Gasteiger partial charge in [-0.3, -0.25) is 16.0 Å². The lowest BCUT2D eigenvalue weighted by Gasteiger charge is -2.39. The molecule has 0 aliphatic carbocycles. The molecule has 0 saturated carbocycles. The first-order valence-electron chi connectivity index (χ1n) is 19.5. The van der Waals surface area contributed by atoms with Crippen molar-refractivity contribution in [2.75, 3.05) is 0 Å². The molecule has 1 fully saturated rings. The second-order valence-electron chi connectivity index (χ2n) is 15.0. The maximum atomic E-state index is 3.92. The number of rotatable bonds is 5. The van der Waals surface area contributed by atoms with E-state index in [2.05, 4.69) is 203 Å². The van der Waals surface area contributed by atoms with E-state index >= 15 is 0 Å². The van der Waals surface area contributed by atoms with Gasteiger partial charge in [-0.1, -0.05) is 146 Å². The van der Waals surface area contributed by atoms with Gasteiger partial charge in [-0.05, 0) is 58.7 Å². The van der Waals surface area contributed by atoms with Crippen LogP contribution in [0.3, 0.4) is 0 Å². The van der Waals surface area contributed by atoms with E-state index in [-0.39, 0.29) is 18.5 Å². The van der Waals surface area contributed by atoms with Gasteiger partial charge in [0.05, 0.1) is 29.5 Å². The van der Waals surface area contributed by atoms with Crippen LogP contribution in [-0.4, -0.2) is 4.57 Å². The molecule has 6 heteroatoms. The highest BCUT2D eigenvalue weighted by Gasteiger charge is 2.31. The van der Waals surface area contributed by atoms with Gasteiger partial charge in [0, 0.05) is 62.4 Å². The van der Waals surface area contributed by atoms with Crippen LogP contribution >= 0.6 is 22.7 Å². The second-order valence-corrected chi connectivity index (χ2v) is 17.1. The van der Waals surface area contributed by atoms with E-state index in [0.29, 0.717) is 0 Å². The fourth-order valence-corrected chi connectivity index (χ4v) is 11.6. The Morgan fingerprint density at radius 3 is 1.68 bits per heavy atom. The van der Waals surface area contributed by atoms with Crippen LogP contribution in [0.4, 0.5) is 0 Å². The number of hydrogen-bond acceptors (Lipinski definition) is 5. The van der Waals surface area contributed by atoms with Gasteiger partial charge in [-0.15, -0.1) is 22.7 Å². The molecule has 1 aliphatic rings. The summed E-state index contributed by atoms with van der Waals surface area (Å²) in [5, 5.41) is 19.5. The number of thiophene rings is 2. The smallest absolute Gasteiger partial charge is 0.0878 e. The van der Waals surface area contributed by atoms with Crippen LogP contribution in [0.1, 0.15) is 35.2 Å². The van der Waals surface area contributed by atoms with Gasteiger partial charge in [-0.2, -0.15) is 0 Å². The molecule has 3 aromatic heterocycles. The third kappa shape index (κ3) is 5.37. The van der Waals surface area contributed by atoms with Crippen molar-refractivity contribution in [3.8, 4) is 16.8 Å². The normalized spacial score (nSPS) is 17.4. The molecular formula is C51H36N4S2. The minimum absolute atomic E-state index is 0.0195. The van der Waals surface area contributed by atoms with E-state index in [4.69, 9.17) is 0 Å². The highest BCUT2D eigenvalue weighted by atomic mass is 32.1. The average Bonchev–Trinajstić information content (AvgIpc) is 3.96. The van der Waals surface area contributed by atoms with Crippen LogP contribution in [0, 0.1) is 0 Å². The van der Waals surface area contributed by atoms with E-state index in [9.17, 15) is 0 Å². The van der Waals surface area contributed by atoms with Gasteiger partial charge in [0.1, 0.15) is 0 Å². The molecule has 0 bridgehead atoms. The molecule has 11 aromatic rings. The summed E-state index contributed by atoms with van der Waals surface area (Å²) < 4.78 is 7.63. The van der Waals surface area contributed by atoms with Crippen LogP contribution in [-0.2, 0) is 0 Å². The van der Waals surface area contributed by atoms with Crippen LogP contribution in [0.5, 0.6) is 0 Å². The molecule has 0 radical (unpaired) electrons. The lowest BCUT2D eigenvalue weighted by atomic mass is 9.97. The summed E-state index contributed by atoms with van der Waals surface area (Å²) >= 11 is 3.78. The molecule has 57 heavy (non-hydrogen) atoms. The highest BCUT2D eigenvalue weighted by molar-refractivity contribution is 7.26. The van der Waals surface area contributed by atoms with Crippen LogP contribution in [0.25, 0.3) is 79.0 Å². The third-order valence-corrected chi connectivity index (χ3v) is 14.1. The molecule has 2 unspecified atom stereocenters. The van der Waals surface area contributed by atoms with Gasteiger partial charge in [0.15, 0.2) is 0 Å². The maximum Gasteiger partial charge on any atom is 0.0878 e. The number of nitrogens with one attached hydrogen (secondary N) is 3. The first-order chi connectivity index (χ1) is 28.2. The molecule has 0 amide bonds. The minimum atomic E-state index is -0.0656. The Labute approximate surface area is 337 Å². The monoisotopic (exact) mass is 768 g/mol. The van der Waals surface area contributed by atoms with Crippen molar-refractivity contribution < 1.29 is 0 Å². The average molecular weight is 769 g/mol. The number of para-hydroxylation sites is 2. The molecule has 272 valence electrons. The minimum Gasteiger partial charge on any atom is -0.309 e. The lowest BCUT2D eigenvalue weighted by Crippen LogP contribution is -2.54.